The molecule has 4 heteroatoms. The average molecular weight is 214 g/mol. The quantitative estimate of drug-likeness (QED) is 0.534. The number of rotatable bonds is 3. The van der Waals surface area contributed by atoms with Crippen molar-refractivity contribution in [3.63, 3.8) is 0 Å². The topological polar surface area (TPSA) is 35.5 Å². The average Bonchev–Trinajstić information content (AvgIpc) is 2.48. The van der Waals surface area contributed by atoms with Crippen molar-refractivity contribution in [3.8, 4) is 0 Å². The van der Waals surface area contributed by atoms with E-state index < -0.39 is 8.32 Å². The van der Waals surface area contributed by atoms with Gasteiger partial charge in [0.15, 0.2) is 0 Å². The van der Waals surface area contributed by atoms with Crippen molar-refractivity contribution in [3.05, 3.63) is 11.8 Å². The standard InChI is InChI=1S/C10H18O3Si/c1-12-10(11)8-5-6-9(7-8)13-14(2,3)4/h7-8H,5-6H2,1-4H3. The Morgan fingerprint density at radius 1 is 1.50 bits per heavy atom. The molecule has 3 nitrogen and oxygen atoms in total. The van der Waals surface area contributed by atoms with Gasteiger partial charge in [-0.05, 0) is 32.1 Å². The van der Waals surface area contributed by atoms with Crippen LogP contribution >= 0.6 is 0 Å². The van der Waals surface area contributed by atoms with E-state index in [0.717, 1.165) is 18.6 Å². The minimum Gasteiger partial charge on any atom is -0.548 e. The van der Waals surface area contributed by atoms with E-state index in [1.165, 1.54) is 7.11 Å². The Kier molecular flexibility index (Phi) is 3.37. The van der Waals surface area contributed by atoms with E-state index in [2.05, 4.69) is 24.4 Å². The van der Waals surface area contributed by atoms with Gasteiger partial charge >= 0.3 is 5.97 Å². The highest BCUT2D eigenvalue weighted by Gasteiger charge is 2.27. The molecule has 0 bridgehead atoms. The van der Waals surface area contributed by atoms with Crippen LogP contribution in [-0.2, 0) is 14.0 Å². The smallest absolute Gasteiger partial charge is 0.312 e. The van der Waals surface area contributed by atoms with Crippen LogP contribution in [0.1, 0.15) is 12.8 Å². The van der Waals surface area contributed by atoms with Crippen molar-refractivity contribution in [1.29, 1.82) is 0 Å². The van der Waals surface area contributed by atoms with Gasteiger partial charge in [-0.3, -0.25) is 4.79 Å². The van der Waals surface area contributed by atoms with Crippen LogP contribution in [-0.4, -0.2) is 21.4 Å². The fourth-order valence-corrected chi connectivity index (χ4v) is 2.46. The molecule has 0 spiro atoms. The van der Waals surface area contributed by atoms with Gasteiger partial charge in [-0.1, -0.05) is 0 Å². The van der Waals surface area contributed by atoms with Crippen molar-refractivity contribution >= 4 is 14.3 Å². The molecule has 1 rings (SSSR count). The molecule has 0 saturated heterocycles. The van der Waals surface area contributed by atoms with Crippen LogP contribution < -0.4 is 0 Å². The summed E-state index contributed by atoms with van der Waals surface area (Å²) in [6, 6.07) is 0. The first-order valence-electron chi connectivity index (χ1n) is 4.90. The van der Waals surface area contributed by atoms with E-state index in [0.29, 0.717) is 0 Å². The molecule has 0 amide bonds. The predicted molar refractivity (Wildman–Crippen MR) is 57.3 cm³/mol. The zero-order valence-corrected chi connectivity index (χ0v) is 10.3. The molecule has 0 aromatic heterocycles. The van der Waals surface area contributed by atoms with Crippen molar-refractivity contribution < 1.29 is 14.0 Å². The van der Waals surface area contributed by atoms with Gasteiger partial charge in [0.1, 0.15) is 0 Å². The summed E-state index contributed by atoms with van der Waals surface area (Å²) in [5.74, 6) is 0.727. The van der Waals surface area contributed by atoms with Gasteiger partial charge in [0.25, 0.3) is 0 Å². The maximum absolute atomic E-state index is 11.2. The summed E-state index contributed by atoms with van der Waals surface area (Å²) in [5.41, 5.74) is 0. The van der Waals surface area contributed by atoms with Crippen molar-refractivity contribution in [1.82, 2.24) is 0 Å². The molecule has 80 valence electrons. The fourth-order valence-electron chi connectivity index (χ4n) is 1.50. The number of allylic oxidation sites excluding steroid dienone is 1. The van der Waals surface area contributed by atoms with Gasteiger partial charge in [0.2, 0.25) is 8.32 Å². The maximum Gasteiger partial charge on any atom is 0.312 e. The van der Waals surface area contributed by atoms with Gasteiger partial charge in [0.05, 0.1) is 18.8 Å². The molecular weight excluding hydrogens is 196 g/mol. The first kappa shape index (κ1) is 11.3. The van der Waals surface area contributed by atoms with Crippen LogP contribution in [0.2, 0.25) is 19.6 Å². The minimum atomic E-state index is -1.52. The lowest BCUT2D eigenvalue weighted by atomic mass is 10.1. The van der Waals surface area contributed by atoms with Crippen molar-refractivity contribution in [2.24, 2.45) is 5.92 Å². The number of hydrogen-bond acceptors (Lipinski definition) is 3. The number of methoxy groups -OCH3 is 1. The predicted octanol–water partition coefficient (Wildman–Crippen LogP) is 2.30. The lowest BCUT2D eigenvalue weighted by Gasteiger charge is -2.19. The Hall–Kier alpha value is -0.773. The first-order valence-corrected chi connectivity index (χ1v) is 8.31. The van der Waals surface area contributed by atoms with E-state index in [9.17, 15) is 4.79 Å². The summed E-state index contributed by atoms with van der Waals surface area (Å²) < 4.78 is 10.5. The second-order valence-corrected chi connectivity index (χ2v) is 8.94. The Morgan fingerprint density at radius 3 is 2.64 bits per heavy atom. The number of carbonyl (C=O) groups is 1. The van der Waals surface area contributed by atoms with Gasteiger partial charge < -0.3 is 9.16 Å². The summed E-state index contributed by atoms with van der Waals surface area (Å²) in [6.45, 7) is 6.41. The van der Waals surface area contributed by atoms with Crippen LogP contribution in [0.5, 0.6) is 0 Å². The zero-order chi connectivity index (χ0) is 10.8. The van der Waals surface area contributed by atoms with E-state index in [1.807, 2.05) is 6.08 Å². The van der Waals surface area contributed by atoms with Gasteiger partial charge in [-0.25, -0.2) is 0 Å². The zero-order valence-electron chi connectivity index (χ0n) is 9.29. The molecule has 1 aliphatic carbocycles. The molecule has 1 aliphatic rings. The maximum atomic E-state index is 11.2. The van der Waals surface area contributed by atoms with Crippen LogP contribution in [0.15, 0.2) is 11.8 Å². The largest absolute Gasteiger partial charge is 0.548 e. The summed E-state index contributed by atoms with van der Waals surface area (Å²) in [6.07, 6.45) is 3.60. The molecule has 0 heterocycles. The van der Waals surface area contributed by atoms with Crippen LogP contribution in [0.4, 0.5) is 0 Å². The Bertz CT molecular complexity index is 253. The SMILES string of the molecule is COC(=O)C1C=C(O[Si](C)(C)C)CC1. The molecule has 0 aromatic carbocycles. The molecule has 0 N–H and O–H groups in total. The molecule has 14 heavy (non-hydrogen) atoms. The molecular formula is C10H18O3Si. The molecule has 1 atom stereocenters. The Labute approximate surface area is 86.2 Å². The van der Waals surface area contributed by atoms with Crippen molar-refractivity contribution in [2.75, 3.05) is 7.11 Å². The number of ether oxygens (including phenoxy) is 1. The normalized spacial score (nSPS) is 21.7. The number of carbonyl (C=O) groups excluding carboxylic acids is 1. The fraction of sp³-hybridized carbons (Fsp3) is 0.700. The summed E-state index contributed by atoms with van der Waals surface area (Å²) in [5, 5.41) is 0. The summed E-state index contributed by atoms with van der Waals surface area (Å²) in [4.78, 5) is 11.2. The monoisotopic (exact) mass is 214 g/mol. The Balaban J connectivity index is 2.55. The summed E-state index contributed by atoms with van der Waals surface area (Å²) in [7, 11) is -0.0931. The number of hydrogen-bond donors (Lipinski definition) is 0. The van der Waals surface area contributed by atoms with E-state index in [4.69, 9.17) is 4.43 Å². The molecule has 0 radical (unpaired) electrons. The third kappa shape index (κ3) is 3.18. The van der Waals surface area contributed by atoms with Crippen molar-refractivity contribution in [2.45, 2.75) is 32.5 Å². The van der Waals surface area contributed by atoms with Gasteiger partial charge in [-0.2, -0.15) is 0 Å². The lowest BCUT2D eigenvalue weighted by molar-refractivity contribution is -0.143. The molecule has 0 fully saturated rings. The second kappa shape index (κ2) is 4.17. The lowest BCUT2D eigenvalue weighted by Crippen LogP contribution is -2.24. The summed E-state index contributed by atoms with van der Waals surface area (Å²) >= 11 is 0. The molecule has 0 aromatic rings. The first-order chi connectivity index (χ1) is 6.42. The highest BCUT2D eigenvalue weighted by molar-refractivity contribution is 6.70. The van der Waals surface area contributed by atoms with Crippen LogP contribution in [0.25, 0.3) is 0 Å². The highest BCUT2D eigenvalue weighted by Crippen LogP contribution is 2.27. The van der Waals surface area contributed by atoms with E-state index >= 15 is 0 Å². The van der Waals surface area contributed by atoms with E-state index in [1.54, 1.807) is 0 Å². The molecule has 0 saturated carbocycles. The van der Waals surface area contributed by atoms with E-state index in [-0.39, 0.29) is 11.9 Å². The number of esters is 1. The Morgan fingerprint density at radius 2 is 2.14 bits per heavy atom. The van der Waals surface area contributed by atoms with Gasteiger partial charge in [-0.15, -0.1) is 0 Å². The molecule has 0 aliphatic heterocycles. The third-order valence-electron chi connectivity index (χ3n) is 2.03. The third-order valence-corrected chi connectivity index (χ3v) is 2.90. The molecule has 1 unspecified atom stereocenters. The van der Waals surface area contributed by atoms with Gasteiger partial charge in [0, 0.05) is 6.42 Å². The minimum absolute atomic E-state index is 0.0913. The van der Waals surface area contributed by atoms with Crippen LogP contribution in [0, 0.1) is 5.92 Å². The van der Waals surface area contributed by atoms with Crippen LogP contribution in [0.3, 0.4) is 0 Å². The highest BCUT2D eigenvalue weighted by atomic mass is 28.4. The second-order valence-electron chi connectivity index (χ2n) is 4.52.